The van der Waals surface area contributed by atoms with Crippen molar-refractivity contribution in [2.75, 3.05) is 26.8 Å². The number of aryl methyl sites for hydroxylation is 1. The topological polar surface area (TPSA) is 49.9 Å². The molecular weight excluding hydrogens is 396 g/mol. The molecule has 2 aromatic rings. The first-order chi connectivity index (χ1) is 14.2. The van der Waals surface area contributed by atoms with E-state index in [9.17, 15) is 9.59 Å². The highest BCUT2D eigenvalue weighted by Crippen LogP contribution is 2.21. The number of rotatable bonds is 10. The SMILES string of the molecule is COCCCN(CC(=O)N(Cc1ccccc1)Cc1sccc1C)C(=O)C(C)(C)C. The molecule has 1 aromatic heterocycles. The maximum atomic E-state index is 13.4. The van der Waals surface area contributed by atoms with Crippen LogP contribution in [0, 0.1) is 12.3 Å². The van der Waals surface area contributed by atoms with Crippen molar-refractivity contribution < 1.29 is 14.3 Å². The van der Waals surface area contributed by atoms with Gasteiger partial charge in [0.1, 0.15) is 0 Å². The molecule has 5 nitrogen and oxygen atoms in total. The molecule has 1 aromatic carbocycles. The first-order valence-corrected chi connectivity index (χ1v) is 11.2. The molecule has 0 spiro atoms. The van der Waals surface area contributed by atoms with Gasteiger partial charge in [-0.3, -0.25) is 9.59 Å². The predicted molar refractivity (Wildman–Crippen MR) is 122 cm³/mol. The number of thiophene rings is 1. The normalized spacial score (nSPS) is 11.4. The summed E-state index contributed by atoms with van der Waals surface area (Å²) in [6, 6.07) is 12.1. The summed E-state index contributed by atoms with van der Waals surface area (Å²) in [6.45, 7) is 9.95. The van der Waals surface area contributed by atoms with E-state index >= 15 is 0 Å². The zero-order valence-electron chi connectivity index (χ0n) is 18.8. The first kappa shape index (κ1) is 24.1. The van der Waals surface area contributed by atoms with Gasteiger partial charge in [0.05, 0.1) is 13.1 Å². The summed E-state index contributed by atoms with van der Waals surface area (Å²) in [5.41, 5.74) is 1.73. The minimum atomic E-state index is -0.540. The van der Waals surface area contributed by atoms with E-state index in [4.69, 9.17) is 4.74 Å². The highest BCUT2D eigenvalue weighted by Gasteiger charge is 2.29. The number of carbonyl (C=O) groups is 2. The van der Waals surface area contributed by atoms with Crippen LogP contribution in [0.3, 0.4) is 0 Å². The fourth-order valence-electron chi connectivity index (χ4n) is 3.17. The van der Waals surface area contributed by atoms with Gasteiger partial charge < -0.3 is 14.5 Å². The lowest BCUT2D eigenvalue weighted by Crippen LogP contribution is -2.46. The van der Waals surface area contributed by atoms with Crippen molar-refractivity contribution in [3.8, 4) is 0 Å². The number of hydrogen-bond acceptors (Lipinski definition) is 4. The summed E-state index contributed by atoms with van der Waals surface area (Å²) in [5, 5.41) is 2.05. The largest absolute Gasteiger partial charge is 0.385 e. The van der Waals surface area contributed by atoms with Gasteiger partial charge in [-0.05, 0) is 35.9 Å². The van der Waals surface area contributed by atoms with Crippen LogP contribution in [0.25, 0.3) is 0 Å². The van der Waals surface area contributed by atoms with Gasteiger partial charge in [-0.2, -0.15) is 0 Å². The van der Waals surface area contributed by atoms with Crippen molar-refractivity contribution in [3.63, 3.8) is 0 Å². The Labute approximate surface area is 184 Å². The highest BCUT2D eigenvalue weighted by atomic mass is 32.1. The Morgan fingerprint density at radius 3 is 2.30 bits per heavy atom. The third kappa shape index (κ3) is 7.26. The molecule has 1 heterocycles. The second kappa shape index (κ2) is 11.3. The molecule has 0 atom stereocenters. The molecule has 0 aliphatic rings. The van der Waals surface area contributed by atoms with E-state index in [1.54, 1.807) is 23.3 Å². The molecule has 2 amide bonds. The van der Waals surface area contributed by atoms with Gasteiger partial charge in [0, 0.05) is 37.1 Å². The van der Waals surface area contributed by atoms with Crippen molar-refractivity contribution in [3.05, 3.63) is 57.8 Å². The molecule has 0 fully saturated rings. The number of hydrogen-bond donors (Lipinski definition) is 0. The molecule has 0 saturated heterocycles. The van der Waals surface area contributed by atoms with Gasteiger partial charge in [0.2, 0.25) is 11.8 Å². The van der Waals surface area contributed by atoms with Crippen molar-refractivity contribution in [1.82, 2.24) is 9.80 Å². The monoisotopic (exact) mass is 430 g/mol. The Hall–Kier alpha value is -2.18. The van der Waals surface area contributed by atoms with Crippen LogP contribution < -0.4 is 0 Å². The molecule has 6 heteroatoms. The van der Waals surface area contributed by atoms with E-state index in [0.29, 0.717) is 32.7 Å². The van der Waals surface area contributed by atoms with Gasteiger partial charge >= 0.3 is 0 Å². The van der Waals surface area contributed by atoms with E-state index in [1.165, 1.54) is 10.4 Å². The second-order valence-corrected chi connectivity index (χ2v) is 9.59. The molecule has 0 radical (unpaired) electrons. The average molecular weight is 431 g/mol. The van der Waals surface area contributed by atoms with Crippen LogP contribution in [-0.2, 0) is 27.4 Å². The van der Waals surface area contributed by atoms with Gasteiger partial charge in [0.25, 0.3) is 0 Å². The van der Waals surface area contributed by atoms with Crippen LogP contribution in [-0.4, -0.2) is 48.4 Å². The molecule has 0 N–H and O–H groups in total. The lowest BCUT2D eigenvalue weighted by molar-refractivity contribution is -0.146. The molecule has 0 unspecified atom stereocenters. The molecule has 30 heavy (non-hydrogen) atoms. The Morgan fingerprint density at radius 1 is 1.03 bits per heavy atom. The number of nitrogens with zero attached hydrogens (tertiary/aromatic N) is 2. The third-order valence-corrected chi connectivity index (χ3v) is 5.91. The van der Waals surface area contributed by atoms with Gasteiger partial charge in [-0.25, -0.2) is 0 Å². The third-order valence-electron chi connectivity index (χ3n) is 4.90. The zero-order valence-corrected chi connectivity index (χ0v) is 19.6. The fourth-order valence-corrected chi connectivity index (χ4v) is 4.09. The molecule has 164 valence electrons. The number of ether oxygens (including phenoxy) is 1. The molecule has 0 aliphatic heterocycles. The van der Waals surface area contributed by atoms with Gasteiger partial charge in [0.15, 0.2) is 0 Å². The van der Waals surface area contributed by atoms with Crippen LogP contribution in [0.1, 0.15) is 43.2 Å². The number of benzene rings is 1. The maximum Gasteiger partial charge on any atom is 0.242 e. The molecule has 0 bridgehead atoms. The summed E-state index contributed by atoms with van der Waals surface area (Å²) in [6.07, 6.45) is 0.703. The van der Waals surface area contributed by atoms with E-state index in [0.717, 1.165) is 5.56 Å². The Morgan fingerprint density at radius 2 is 1.73 bits per heavy atom. The smallest absolute Gasteiger partial charge is 0.242 e. The summed E-state index contributed by atoms with van der Waals surface area (Å²) in [7, 11) is 1.64. The Bertz CT molecular complexity index is 811. The van der Waals surface area contributed by atoms with Gasteiger partial charge in [-0.1, -0.05) is 51.1 Å². The fraction of sp³-hybridized carbons (Fsp3) is 0.500. The van der Waals surface area contributed by atoms with Crippen molar-refractivity contribution >= 4 is 23.2 Å². The minimum absolute atomic E-state index is 0.0149. The average Bonchev–Trinajstić information content (AvgIpc) is 3.11. The molecular formula is C24H34N2O3S. The summed E-state index contributed by atoms with van der Waals surface area (Å²) in [4.78, 5) is 31.0. The number of amides is 2. The molecule has 0 saturated carbocycles. The van der Waals surface area contributed by atoms with Crippen LogP contribution in [0.15, 0.2) is 41.8 Å². The molecule has 0 aliphatic carbocycles. The van der Waals surface area contributed by atoms with E-state index in [1.807, 2.05) is 56.0 Å². The quantitative estimate of drug-likeness (QED) is 0.522. The van der Waals surface area contributed by atoms with Crippen LogP contribution in [0.5, 0.6) is 0 Å². The van der Waals surface area contributed by atoms with Crippen LogP contribution in [0.2, 0.25) is 0 Å². The van der Waals surface area contributed by atoms with E-state index in [2.05, 4.69) is 18.4 Å². The number of carbonyl (C=O) groups excluding carboxylic acids is 2. The highest BCUT2D eigenvalue weighted by molar-refractivity contribution is 7.10. The van der Waals surface area contributed by atoms with E-state index < -0.39 is 5.41 Å². The minimum Gasteiger partial charge on any atom is -0.385 e. The summed E-state index contributed by atoms with van der Waals surface area (Å²) < 4.78 is 5.14. The molecule has 2 rings (SSSR count). The number of methoxy groups -OCH3 is 1. The van der Waals surface area contributed by atoms with Crippen molar-refractivity contribution in [2.45, 2.75) is 47.2 Å². The summed E-state index contributed by atoms with van der Waals surface area (Å²) >= 11 is 1.66. The predicted octanol–water partition coefficient (Wildman–Crippen LogP) is 4.50. The van der Waals surface area contributed by atoms with Crippen LogP contribution >= 0.6 is 11.3 Å². The lowest BCUT2D eigenvalue weighted by Gasteiger charge is -2.31. The van der Waals surface area contributed by atoms with Crippen molar-refractivity contribution in [2.24, 2.45) is 5.41 Å². The Balaban J connectivity index is 2.20. The Kier molecular flexibility index (Phi) is 9.06. The first-order valence-electron chi connectivity index (χ1n) is 10.4. The second-order valence-electron chi connectivity index (χ2n) is 8.59. The van der Waals surface area contributed by atoms with E-state index in [-0.39, 0.29) is 18.4 Å². The van der Waals surface area contributed by atoms with Crippen molar-refractivity contribution in [1.29, 1.82) is 0 Å². The van der Waals surface area contributed by atoms with Crippen LogP contribution in [0.4, 0.5) is 0 Å². The standard InChI is InChI=1S/C24H34N2O3S/c1-19-12-15-30-21(19)17-26(16-20-10-7-6-8-11-20)22(27)18-25(13-9-14-29-5)23(28)24(2,3)4/h6-8,10-12,15H,9,13-14,16-18H2,1-5H3. The lowest BCUT2D eigenvalue weighted by atomic mass is 9.94. The maximum absolute atomic E-state index is 13.4. The zero-order chi connectivity index (χ0) is 22.1. The summed E-state index contributed by atoms with van der Waals surface area (Å²) in [5.74, 6) is -0.0550. The van der Waals surface area contributed by atoms with Gasteiger partial charge in [-0.15, -0.1) is 11.3 Å².